The molecule has 0 amide bonds. The molecule has 4 heterocycles. The van der Waals surface area contributed by atoms with Crippen molar-refractivity contribution in [3.05, 3.63) is 65.0 Å². The van der Waals surface area contributed by atoms with Crippen molar-refractivity contribution in [3.63, 3.8) is 0 Å². The molecule has 0 saturated carbocycles. The van der Waals surface area contributed by atoms with Gasteiger partial charge >= 0.3 is 0 Å². The summed E-state index contributed by atoms with van der Waals surface area (Å²) in [5.74, 6) is 1.91. The maximum Gasteiger partial charge on any atom is 0.255 e. The zero-order valence-corrected chi connectivity index (χ0v) is 17.5. The Hall–Kier alpha value is -3.42. The van der Waals surface area contributed by atoms with Crippen molar-refractivity contribution in [1.29, 1.82) is 0 Å². The number of halogens is 1. The fourth-order valence-electron chi connectivity index (χ4n) is 4.71. The molecule has 2 aromatic heterocycles. The van der Waals surface area contributed by atoms with Gasteiger partial charge in [0.2, 0.25) is 5.95 Å². The van der Waals surface area contributed by atoms with Crippen LogP contribution in [0.15, 0.2) is 53.6 Å². The third kappa shape index (κ3) is 3.52. The predicted molar refractivity (Wildman–Crippen MR) is 117 cm³/mol. The van der Waals surface area contributed by atoms with Crippen molar-refractivity contribution in [2.75, 3.05) is 43.1 Å². The van der Waals surface area contributed by atoms with Crippen molar-refractivity contribution in [3.8, 4) is 17.0 Å². The van der Waals surface area contributed by atoms with Crippen LogP contribution in [0.1, 0.15) is 0 Å². The zero-order valence-electron chi connectivity index (χ0n) is 17.5. The van der Waals surface area contributed by atoms with E-state index in [2.05, 4.69) is 31.9 Å². The van der Waals surface area contributed by atoms with Gasteiger partial charge in [-0.25, -0.2) is 9.37 Å². The normalized spacial score (nSPS) is 20.2. The van der Waals surface area contributed by atoms with Crippen molar-refractivity contribution in [2.45, 2.75) is 0 Å². The van der Waals surface area contributed by atoms with Gasteiger partial charge in [-0.15, -0.1) is 0 Å². The average Bonchev–Trinajstić information content (AvgIpc) is 3.35. The molecule has 0 aliphatic carbocycles. The summed E-state index contributed by atoms with van der Waals surface area (Å²) in [5.41, 5.74) is 1.60. The molecule has 2 aliphatic heterocycles. The Morgan fingerprint density at radius 2 is 1.81 bits per heavy atom. The maximum absolute atomic E-state index is 14.2. The number of anilines is 2. The molecular weight excluding hydrogens is 397 g/mol. The van der Waals surface area contributed by atoms with E-state index >= 15 is 0 Å². The SMILES string of the molecule is COc1cccc(N2C[C@@H]3CN(c4nc(-c5ccncc5F)cc(=O)n4C)C[C@@H]3C2)c1. The number of aromatic nitrogens is 3. The molecule has 0 unspecified atom stereocenters. The second kappa shape index (κ2) is 7.68. The predicted octanol–water partition coefficient (Wildman–Crippen LogP) is 2.56. The summed E-state index contributed by atoms with van der Waals surface area (Å²) >= 11 is 0. The highest BCUT2D eigenvalue weighted by Crippen LogP contribution is 2.36. The van der Waals surface area contributed by atoms with Gasteiger partial charge < -0.3 is 14.5 Å². The topological polar surface area (TPSA) is 63.5 Å². The van der Waals surface area contributed by atoms with Gasteiger partial charge in [-0.3, -0.25) is 14.3 Å². The van der Waals surface area contributed by atoms with E-state index in [9.17, 15) is 9.18 Å². The van der Waals surface area contributed by atoms with Gasteiger partial charge in [0.1, 0.15) is 5.75 Å². The molecule has 2 saturated heterocycles. The molecule has 0 N–H and O–H groups in total. The summed E-state index contributed by atoms with van der Waals surface area (Å²) in [5, 5.41) is 0. The molecule has 31 heavy (non-hydrogen) atoms. The smallest absolute Gasteiger partial charge is 0.255 e. The minimum atomic E-state index is -0.485. The van der Waals surface area contributed by atoms with Crippen LogP contribution < -0.4 is 20.1 Å². The zero-order chi connectivity index (χ0) is 21.5. The first-order valence-electron chi connectivity index (χ1n) is 10.4. The largest absolute Gasteiger partial charge is 0.497 e. The molecule has 0 bridgehead atoms. The third-order valence-corrected chi connectivity index (χ3v) is 6.35. The standard InChI is InChI=1S/C23H24FN5O2/c1-27-22(30)9-21(19-6-7-25-10-20(19)24)26-23(27)29-13-15-11-28(12-16(15)14-29)17-4-3-5-18(8-17)31-2/h3-10,15-16H,11-14H2,1-2H3/t15-,16+. The third-order valence-electron chi connectivity index (χ3n) is 6.35. The van der Waals surface area contributed by atoms with E-state index in [1.54, 1.807) is 24.8 Å². The number of methoxy groups -OCH3 is 1. The van der Waals surface area contributed by atoms with Gasteiger partial charge in [0.15, 0.2) is 5.82 Å². The number of hydrogen-bond acceptors (Lipinski definition) is 6. The molecule has 3 aromatic rings. The maximum atomic E-state index is 14.2. The van der Waals surface area contributed by atoms with Crippen LogP contribution in [0.5, 0.6) is 5.75 Å². The lowest BCUT2D eigenvalue weighted by Gasteiger charge is -2.25. The molecule has 0 spiro atoms. The Bertz CT molecular complexity index is 1170. The molecule has 0 radical (unpaired) electrons. The van der Waals surface area contributed by atoms with Crippen molar-refractivity contribution >= 4 is 11.6 Å². The van der Waals surface area contributed by atoms with Crippen LogP contribution in [0.4, 0.5) is 16.0 Å². The van der Waals surface area contributed by atoms with Gasteiger partial charge in [0, 0.05) is 74.6 Å². The van der Waals surface area contributed by atoms with E-state index in [-0.39, 0.29) is 11.1 Å². The highest BCUT2D eigenvalue weighted by Gasteiger charge is 2.41. The number of rotatable bonds is 4. The number of hydrogen-bond donors (Lipinski definition) is 0. The van der Waals surface area contributed by atoms with Crippen molar-refractivity contribution in [1.82, 2.24) is 14.5 Å². The Kier molecular flexibility index (Phi) is 4.84. The number of fused-ring (bicyclic) bond motifs is 1. The highest BCUT2D eigenvalue weighted by atomic mass is 19.1. The summed E-state index contributed by atoms with van der Waals surface area (Å²) < 4.78 is 21.1. The monoisotopic (exact) mass is 421 g/mol. The van der Waals surface area contributed by atoms with Crippen LogP contribution in [-0.4, -0.2) is 47.8 Å². The summed E-state index contributed by atoms with van der Waals surface area (Å²) in [6, 6.07) is 11.1. The van der Waals surface area contributed by atoms with Gasteiger partial charge in [-0.1, -0.05) is 6.07 Å². The Morgan fingerprint density at radius 1 is 1.06 bits per heavy atom. The molecular formula is C23H24FN5O2. The lowest BCUT2D eigenvalue weighted by Crippen LogP contribution is -2.33. The van der Waals surface area contributed by atoms with Crippen molar-refractivity contribution < 1.29 is 9.13 Å². The van der Waals surface area contributed by atoms with Crippen LogP contribution in [-0.2, 0) is 7.05 Å². The summed E-state index contributed by atoms with van der Waals surface area (Å²) in [6.45, 7) is 3.52. The fourth-order valence-corrected chi connectivity index (χ4v) is 4.71. The minimum Gasteiger partial charge on any atom is -0.497 e. The van der Waals surface area contributed by atoms with E-state index in [4.69, 9.17) is 4.74 Å². The Morgan fingerprint density at radius 3 is 2.52 bits per heavy atom. The molecule has 2 fully saturated rings. The molecule has 7 nitrogen and oxygen atoms in total. The Labute approximate surface area is 179 Å². The van der Waals surface area contributed by atoms with Crippen LogP contribution >= 0.6 is 0 Å². The first-order valence-corrected chi connectivity index (χ1v) is 10.4. The van der Waals surface area contributed by atoms with E-state index < -0.39 is 5.82 Å². The summed E-state index contributed by atoms with van der Waals surface area (Å²) in [6.07, 6.45) is 2.65. The quantitative estimate of drug-likeness (QED) is 0.645. The molecule has 8 heteroatoms. The van der Waals surface area contributed by atoms with Crippen LogP contribution in [0, 0.1) is 17.7 Å². The van der Waals surface area contributed by atoms with E-state index in [0.717, 1.165) is 38.1 Å². The van der Waals surface area contributed by atoms with Gasteiger partial charge in [0.25, 0.3) is 5.56 Å². The van der Waals surface area contributed by atoms with Crippen LogP contribution in [0.3, 0.4) is 0 Å². The second-order valence-corrected chi connectivity index (χ2v) is 8.23. The van der Waals surface area contributed by atoms with E-state index in [0.29, 0.717) is 23.5 Å². The fraction of sp³-hybridized carbons (Fsp3) is 0.348. The Balaban J connectivity index is 1.38. The lowest BCUT2D eigenvalue weighted by atomic mass is 10.0. The first kappa shape index (κ1) is 19.5. The van der Waals surface area contributed by atoms with E-state index in [1.807, 2.05) is 12.1 Å². The number of ether oxygens (including phenoxy) is 1. The molecule has 1 aromatic carbocycles. The first-order chi connectivity index (χ1) is 15.0. The van der Waals surface area contributed by atoms with Crippen molar-refractivity contribution in [2.24, 2.45) is 18.9 Å². The van der Waals surface area contributed by atoms with E-state index in [1.165, 1.54) is 18.0 Å². The van der Waals surface area contributed by atoms with Gasteiger partial charge in [-0.2, -0.15) is 0 Å². The second-order valence-electron chi connectivity index (χ2n) is 8.23. The van der Waals surface area contributed by atoms with Crippen LogP contribution in [0.25, 0.3) is 11.3 Å². The molecule has 2 atom stereocenters. The number of pyridine rings is 1. The van der Waals surface area contributed by atoms with Crippen LogP contribution in [0.2, 0.25) is 0 Å². The number of benzene rings is 1. The molecule has 160 valence electrons. The average molecular weight is 421 g/mol. The molecule has 2 aliphatic rings. The summed E-state index contributed by atoms with van der Waals surface area (Å²) in [7, 11) is 3.40. The highest BCUT2D eigenvalue weighted by molar-refractivity contribution is 5.60. The minimum absolute atomic E-state index is 0.203. The number of nitrogens with zero attached hydrogens (tertiary/aromatic N) is 5. The molecule has 5 rings (SSSR count). The lowest BCUT2D eigenvalue weighted by molar-refractivity contribution is 0.415. The summed E-state index contributed by atoms with van der Waals surface area (Å²) in [4.78, 5) is 25.6. The van der Waals surface area contributed by atoms with Gasteiger partial charge in [-0.05, 0) is 18.2 Å². The van der Waals surface area contributed by atoms with Gasteiger partial charge in [0.05, 0.1) is 19.0 Å².